The summed E-state index contributed by atoms with van der Waals surface area (Å²) in [7, 11) is 0. The lowest BCUT2D eigenvalue weighted by Crippen LogP contribution is -1.95. The van der Waals surface area contributed by atoms with Gasteiger partial charge in [-0.15, -0.1) is 0 Å². The van der Waals surface area contributed by atoms with Gasteiger partial charge < -0.3 is 10.3 Å². The highest BCUT2D eigenvalue weighted by Crippen LogP contribution is 2.22. The summed E-state index contributed by atoms with van der Waals surface area (Å²) in [5.74, 6) is 1.01. The first-order valence-electron chi connectivity index (χ1n) is 4.89. The summed E-state index contributed by atoms with van der Waals surface area (Å²) in [5.41, 5.74) is 8.56. The normalized spacial score (nSPS) is 13.2. The summed E-state index contributed by atoms with van der Waals surface area (Å²) < 4.78 is 6.55. The highest BCUT2D eigenvalue weighted by molar-refractivity contribution is 14.2. The van der Waals surface area contributed by atoms with Gasteiger partial charge in [-0.25, -0.2) is 4.98 Å². The molecule has 3 nitrogen and oxygen atoms in total. The van der Waals surface area contributed by atoms with Crippen LogP contribution < -0.4 is 5.73 Å². The molecule has 4 heteroatoms. The lowest BCUT2D eigenvalue weighted by atomic mass is 10.1. The third-order valence-electron chi connectivity index (χ3n) is 2.41. The van der Waals surface area contributed by atoms with E-state index in [4.69, 9.17) is 5.73 Å². The van der Waals surface area contributed by atoms with E-state index in [0.29, 0.717) is 0 Å². The van der Waals surface area contributed by atoms with Crippen molar-refractivity contribution in [2.45, 2.75) is 0 Å². The summed E-state index contributed by atoms with van der Waals surface area (Å²) in [6.07, 6.45) is 4.16. The standard InChI is InChI=1S/C12H10IN3/c14-10-3-1-9(2-4-10)11-7-16-8-13-6-5-12(16)15-11/h1-8H,14H2. The van der Waals surface area contributed by atoms with Gasteiger partial charge in [-0.05, 0) is 22.3 Å². The number of nitrogens with two attached hydrogens (primary N) is 1. The molecule has 1 aliphatic heterocycles. The fourth-order valence-electron chi connectivity index (χ4n) is 1.59. The van der Waals surface area contributed by atoms with Crippen LogP contribution in [-0.2, 0) is 0 Å². The third kappa shape index (κ3) is 1.69. The van der Waals surface area contributed by atoms with Crippen LogP contribution in [0.5, 0.6) is 0 Å². The Bertz CT molecular complexity index is 549. The van der Waals surface area contributed by atoms with Crippen molar-refractivity contribution in [3.63, 3.8) is 0 Å². The topological polar surface area (TPSA) is 43.8 Å². The van der Waals surface area contributed by atoms with E-state index in [1.807, 2.05) is 24.3 Å². The van der Waals surface area contributed by atoms with Crippen molar-refractivity contribution >= 4 is 36.6 Å². The van der Waals surface area contributed by atoms with Gasteiger partial charge in [0.25, 0.3) is 0 Å². The van der Waals surface area contributed by atoms with E-state index in [2.05, 4.69) is 30.0 Å². The van der Waals surface area contributed by atoms with Gasteiger partial charge in [-0.3, -0.25) is 0 Å². The number of hydrogen-bond acceptors (Lipinski definition) is 2. The fourth-order valence-corrected chi connectivity index (χ4v) is 3.10. The van der Waals surface area contributed by atoms with Gasteiger partial charge >= 0.3 is 0 Å². The highest BCUT2D eigenvalue weighted by Gasteiger charge is 2.07. The van der Waals surface area contributed by atoms with Gasteiger partial charge in [0, 0.05) is 21.6 Å². The fraction of sp³-hybridized carbons (Fsp3) is 0. The first kappa shape index (κ1) is 9.77. The number of halogens is 1. The molecular formula is C12H10IN3. The Morgan fingerprint density at radius 3 is 2.75 bits per heavy atom. The van der Waals surface area contributed by atoms with Crippen molar-refractivity contribution in [1.82, 2.24) is 9.55 Å². The maximum Gasteiger partial charge on any atom is 0.138 e. The number of rotatable bonds is 1. The number of fused-ring (bicyclic) bond motifs is 1. The zero-order chi connectivity index (χ0) is 11.0. The largest absolute Gasteiger partial charge is 0.399 e. The predicted octanol–water partition coefficient (Wildman–Crippen LogP) is 2.70. The maximum atomic E-state index is 5.66. The SMILES string of the molecule is Nc1ccc(-c2cn3c(n2)C=CI=C3)cc1. The van der Waals surface area contributed by atoms with Crippen molar-refractivity contribution in [2.24, 2.45) is 0 Å². The molecule has 3 rings (SSSR count). The molecular weight excluding hydrogens is 313 g/mol. The minimum absolute atomic E-state index is 0.0611. The van der Waals surface area contributed by atoms with Crippen molar-refractivity contribution in [3.8, 4) is 11.3 Å². The minimum Gasteiger partial charge on any atom is -0.399 e. The molecule has 16 heavy (non-hydrogen) atoms. The zero-order valence-corrected chi connectivity index (χ0v) is 10.6. The van der Waals surface area contributed by atoms with Gasteiger partial charge in [0.05, 0.1) is 5.69 Å². The summed E-state index contributed by atoms with van der Waals surface area (Å²) in [6.45, 7) is 0. The first-order valence-corrected chi connectivity index (χ1v) is 7.39. The quantitative estimate of drug-likeness (QED) is 0.648. The van der Waals surface area contributed by atoms with Gasteiger partial charge in [0.15, 0.2) is 0 Å². The molecule has 0 fully saturated rings. The summed E-state index contributed by atoms with van der Waals surface area (Å²) >= 11 is 0.0611. The van der Waals surface area contributed by atoms with Crippen molar-refractivity contribution < 1.29 is 0 Å². The van der Waals surface area contributed by atoms with E-state index in [0.717, 1.165) is 22.8 Å². The number of anilines is 1. The number of imidazole rings is 1. The van der Waals surface area contributed by atoms with Gasteiger partial charge in [-0.2, -0.15) is 0 Å². The van der Waals surface area contributed by atoms with Crippen LogP contribution in [-0.4, -0.2) is 13.7 Å². The maximum absolute atomic E-state index is 5.66. The van der Waals surface area contributed by atoms with Crippen LogP contribution in [0.3, 0.4) is 0 Å². The van der Waals surface area contributed by atoms with E-state index >= 15 is 0 Å². The monoisotopic (exact) mass is 323 g/mol. The molecule has 0 saturated carbocycles. The van der Waals surface area contributed by atoms with Crippen LogP contribution in [0, 0.1) is 0 Å². The van der Waals surface area contributed by atoms with Crippen LogP contribution in [0.25, 0.3) is 17.3 Å². The second-order valence-electron chi connectivity index (χ2n) is 3.53. The molecule has 80 valence electrons. The summed E-state index contributed by atoms with van der Waals surface area (Å²) in [5, 5.41) is 0. The average molecular weight is 323 g/mol. The molecule has 1 aromatic heterocycles. The lowest BCUT2D eigenvalue weighted by molar-refractivity contribution is 1.15. The Morgan fingerprint density at radius 2 is 2.00 bits per heavy atom. The number of nitrogens with zero attached hydrogens (tertiary/aromatic N) is 2. The number of hydrogen-bond donors (Lipinski definition) is 1. The Hall–Kier alpha value is -1.43. The molecule has 0 unspecified atom stereocenters. The molecule has 1 aliphatic rings. The van der Waals surface area contributed by atoms with E-state index in [1.54, 1.807) is 0 Å². The molecule has 0 saturated heterocycles. The third-order valence-corrected chi connectivity index (χ3v) is 4.11. The molecule has 2 aromatic rings. The van der Waals surface area contributed by atoms with Crippen LogP contribution in [0.1, 0.15) is 5.82 Å². The number of benzene rings is 1. The average Bonchev–Trinajstić information content (AvgIpc) is 2.73. The zero-order valence-electron chi connectivity index (χ0n) is 8.47. The number of nitrogen functional groups attached to an aromatic ring is 1. The molecule has 0 bridgehead atoms. The van der Waals surface area contributed by atoms with Crippen LogP contribution in [0.4, 0.5) is 5.69 Å². The van der Waals surface area contributed by atoms with E-state index < -0.39 is 0 Å². The number of aromatic nitrogens is 2. The van der Waals surface area contributed by atoms with Crippen molar-refractivity contribution in [1.29, 1.82) is 0 Å². The van der Waals surface area contributed by atoms with Gasteiger partial charge in [-0.1, -0.05) is 32.9 Å². The predicted molar refractivity (Wildman–Crippen MR) is 76.6 cm³/mol. The smallest absolute Gasteiger partial charge is 0.138 e. The van der Waals surface area contributed by atoms with Crippen molar-refractivity contribution in [3.05, 3.63) is 40.4 Å². The molecule has 2 N–H and O–H groups in total. The van der Waals surface area contributed by atoms with E-state index in [9.17, 15) is 0 Å². The van der Waals surface area contributed by atoms with Crippen LogP contribution in [0.15, 0.2) is 34.5 Å². The molecule has 1 aromatic carbocycles. The molecule has 2 heterocycles. The van der Waals surface area contributed by atoms with Gasteiger partial charge in [0.1, 0.15) is 5.82 Å². The second kappa shape index (κ2) is 3.86. The molecule has 0 spiro atoms. The summed E-state index contributed by atoms with van der Waals surface area (Å²) in [4.78, 5) is 4.57. The lowest BCUT2D eigenvalue weighted by Gasteiger charge is -1.97. The summed E-state index contributed by atoms with van der Waals surface area (Å²) in [6, 6.07) is 7.81. The van der Waals surface area contributed by atoms with Crippen molar-refractivity contribution in [2.75, 3.05) is 5.73 Å². The van der Waals surface area contributed by atoms with Crippen LogP contribution >= 0.6 is 20.7 Å². The molecule has 0 amide bonds. The molecule has 0 radical (unpaired) electrons. The Morgan fingerprint density at radius 1 is 1.19 bits per heavy atom. The second-order valence-corrected chi connectivity index (χ2v) is 5.53. The molecule has 0 aliphatic carbocycles. The Labute approximate surface area is 103 Å². The first-order chi connectivity index (χ1) is 7.83. The van der Waals surface area contributed by atoms with Crippen LogP contribution in [0.2, 0.25) is 0 Å². The van der Waals surface area contributed by atoms with E-state index in [1.165, 1.54) is 0 Å². The Balaban J connectivity index is 2.07. The van der Waals surface area contributed by atoms with Gasteiger partial charge in [0.2, 0.25) is 0 Å². The van der Waals surface area contributed by atoms with E-state index in [-0.39, 0.29) is 20.7 Å². The molecule has 0 atom stereocenters. The highest BCUT2D eigenvalue weighted by atomic mass is 127. The Kier molecular flexibility index (Phi) is 2.36. The minimum atomic E-state index is 0.0611.